The van der Waals surface area contributed by atoms with Gasteiger partial charge in [-0.1, -0.05) is 33.1 Å². The molecule has 1 atom stereocenters. The lowest BCUT2D eigenvalue weighted by Gasteiger charge is -2.13. The normalized spacial score (nSPS) is 13.2. The molecule has 0 aromatic carbocycles. The van der Waals surface area contributed by atoms with Crippen LogP contribution < -0.4 is 0 Å². The average Bonchev–Trinajstić information content (AvgIpc) is 2.14. The first kappa shape index (κ1) is 12.9. The molecule has 0 aromatic heterocycles. The van der Waals surface area contributed by atoms with E-state index in [-0.39, 0.29) is 6.29 Å². The van der Waals surface area contributed by atoms with Crippen LogP contribution in [0, 0.1) is 0 Å². The van der Waals surface area contributed by atoms with E-state index in [1.165, 1.54) is 19.3 Å². The van der Waals surface area contributed by atoms with Gasteiger partial charge in [-0.05, 0) is 19.8 Å². The van der Waals surface area contributed by atoms with Crippen molar-refractivity contribution in [3.63, 3.8) is 0 Å². The van der Waals surface area contributed by atoms with Gasteiger partial charge in [0.05, 0.1) is 0 Å². The minimum Gasteiger partial charge on any atom is -0.353 e. The van der Waals surface area contributed by atoms with Gasteiger partial charge in [0, 0.05) is 13.2 Å². The van der Waals surface area contributed by atoms with Crippen LogP contribution in [-0.2, 0) is 9.47 Å². The molecule has 0 saturated carbocycles. The van der Waals surface area contributed by atoms with Gasteiger partial charge >= 0.3 is 0 Å². The van der Waals surface area contributed by atoms with Crippen molar-refractivity contribution in [1.82, 2.24) is 0 Å². The molecule has 2 heteroatoms. The summed E-state index contributed by atoms with van der Waals surface area (Å²) in [5, 5.41) is 0. The van der Waals surface area contributed by atoms with Crippen LogP contribution in [0.3, 0.4) is 0 Å². The summed E-state index contributed by atoms with van der Waals surface area (Å²) >= 11 is 0. The number of hydrogen-bond acceptors (Lipinski definition) is 2. The monoisotopic (exact) mass is 188 g/mol. The Morgan fingerprint density at radius 3 is 2.15 bits per heavy atom. The smallest absolute Gasteiger partial charge is 0.154 e. The van der Waals surface area contributed by atoms with E-state index in [1.54, 1.807) is 0 Å². The predicted molar refractivity (Wildman–Crippen MR) is 55.8 cm³/mol. The van der Waals surface area contributed by atoms with Crippen molar-refractivity contribution in [1.29, 1.82) is 0 Å². The zero-order chi connectivity index (χ0) is 9.94. The third-order valence-corrected chi connectivity index (χ3v) is 1.91. The minimum absolute atomic E-state index is 0.0263. The fourth-order valence-corrected chi connectivity index (χ4v) is 1.11. The SMILES string of the molecule is CCCCCCOC(C)OCCC. The van der Waals surface area contributed by atoms with Crippen LogP contribution >= 0.6 is 0 Å². The Bertz CT molecular complexity index is 94.1. The minimum atomic E-state index is -0.0263. The summed E-state index contributed by atoms with van der Waals surface area (Å²) in [5.41, 5.74) is 0. The highest BCUT2D eigenvalue weighted by Gasteiger charge is 1.99. The molecule has 0 N–H and O–H groups in total. The number of hydrogen-bond donors (Lipinski definition) is 0. The molecule has 0 bridgehead atoms. The highest BCUT2D eigenvalue weighted by molar-refractivity contribution is 4.40. The van der Waals surface area contributed by atoms with E-state index in [9.17, 15) is 0 Å². The number of ether oxygens (including phenoxy) is 2. The lowest BCUT2D eigenvalue weighted by atomic mass is 10.2. The second-order valence-corrected chi connectivity index (χ2v) is 3.37. The third kappa shape index (κ3) is 9.84. The summed E-state index contributed by atoms with van der Waals surface area (Å²) in [6.07, 6.45) is 6.06. The van der Waals surface area contributed by atoms with Crippen molar-refractivity contribution < 1.29 is 9.47 Å². The fourth-order valence-electron chi connectivity index (χ4n) is 1.11. The van der Waals surface area contributed by atoms with Crippen molar-refractivity contribution in [3.8, 4) is 0 Å². The van der Waals surface area contributed by atoms with Gasteiger partial charge in [-0.3, -0.25) is 0 Å². The largest absolute Gasteiger partial charge is 0.353 e. The Labute approximate surface area is 82.6 Å². The van der Waals surface area contributed by atoms with Gasteiger partial charge in [-0.2, -0.15) is 0 Å². The van der Waals surface area contributed by atoms with Gasteiger partial charge in [0.2, 0.25) is 0 Å². The molecule has 1 unspecified atom stereocenters. The van der Waals surface area contributed by atoms with Gasteiger partial charge in [-0.25, -0.2) is 0 Å². The first-order valence-corrected chi connectivity index (χ1v) is 5.54. The van der Waals surface area contributed by atoms with Crippen LogP contribution in [0.4, 0.5) is 0 Å². The topological polar surface area (TPSA) is 18.5 Å². The van der Waals surface area contributed by atoms with Crippen LogP contribution in [0.2, 0.25) is 0 Å². The molecule has 0 aliphatic heterocycles. The average molecular weight is 188 g/mol. The van der Waals surface area contributed by atoms with Crippen LogP contribution in [0.25, 0.3) is 0 Å². The maximum atomic E-state index is 5.47. The lowest BCUT2D eigenvalue weighted by molar-refractivity contribution is -0.130. The van der Waals surface area contributed by atoms with Crippen molar-refractivity contribution in [2.45, 2.75) is 59.2 Å². The molecule has 0 fully saturated rings. The maximum Gasteiger partial charge on any atom is 0.154 e. The summed E-state index contributed by atoms with van der Waals surface area (Å²) < 4.78 is 10.8. The van der Waals surface area contributed by atoms with Gasteiger partial charge in [0.1, 0.15) is 0 Å². The number of unbranched alkanes of at least 4 members (excludes halogenated alkanes) is 3. The molecule has 0 saturated heterocycles. The second-order valence-electron chi connectivity index (χ2n) is 3.37. The lowest BCUT2D eigenvalue weighted by Crippen LogP contribution is -2.14. The molecule has 2 nitrogen and oxygen atoms in total. The Hall–Kier alpha value is -0.0800. The molecular formula is C11H24O2. The van der Waals surface area contributed by atoms with E-state index in [4.69, 9.17) is 9.47 Å². The van der Waals surface area contributed by atoms with E-state index >= 15 is 0 Å². The van der Waals surface area contributed by atoms with E-state index in [0.29, 0.717) is 0 Å². The maximum absolute atomic E-state index is 5.47. The fraction of sp³-hybridized carbons (Fsp3) is 1.00. The standard InChI is InChI=1S/C11H24O2/c1-4-6-7-8-10-13-11(3)12-9-5-2/h11H,4-10H2,1-3H3. The molecule has 0 aromatic rings. The molecular weight excluding hydrogens is 164 g/mol. The van der Waals surface area contributed by atoms with Crippen molar-refractivity contribution in [2.75, 3.05) is 13.2 Å². The molecule has 0 aliphatic rings. The molecule has 0 heterocycles. The molecule has 13 heavy (non-hydrogen) atoms. The third-order valence-electron chi connectivity index (χ3n) is 1.91. The van der Waals surface area contributed by atoms with Crippen molar-refractivity contribution >= 4 is 0 Å². The Morgan fingerprint density at radius 2 is 1.54 bits per heavy atom. The summed E-state index contributed by atoms with van der Waals surface area (Å²) in [4.78, 5) is 0. The second kappa shape index (κ2) is 10.0. The van der Waals surface area contributed by atoms with Gasteiger partial charge in [-0.15, -0.1) is 0 Å². The number of rotatable bonds is 9. The predicted octanol–water partition coefficient (Wildman–Crippen LogP) is 3.36. The van der Waals surface area contributed by atoms with Crippen LogP contribution in [-0.4, -0.2) is 19.5 Å². The summed E-state index contributed by atoms with van der Waals surface area (Å²) in [7, 11) is 0. The van der Waals surface area contributed by atoms with E-state index in [0.717, 1.165) is 26.1 Å². The van der Waals surface area contributed by atoms with Gasteiger partial charge in [0.25, 0.3) is 0 Å². The zero-order valence-electron chi connectivity index (χ0n) is 9.34. The highest BCUT2D eigenvalue weighted by atomic mass is 16.7. The Morgan fingerprint density at radius 1 is 0.846 bits per heavy atom. The summed E-state index contributed by atoms with van der Waals surface area (Å²) in [6, 6.07) is 0. The van der Waals surface area contributed by atoms with Crippen molar-refractivity contribution in [3.05, 3.63) is 0 Å². The quantitative estimate of drug-likeness (QED) is 0.408. The molecule has 0 rings (SSSR count). The molecule has 0 amide bonds. The van der Waals surface area contributed by atoms with E-state index in [2.05, 4.69) is 13.8 Å². The molecule has 0 aliphatic carbocycles. The van der Waals surface area contributed by atoms with Crippen molar-refractivity contribution in [2.24, 2.45) is 0 Å². The molecule has 0 radical (unpaired) electrons. The van der Waals surface area contributed by atoms with Crippen LogP contribution in [0.5, 0.6) is 0 Å². The van der Waals surface area contributed by atoms with Gasteiger partial charge in [0.15, 0.2) is 6.29 Å². The summed E-state index contributed by atoms with van der Waals surface area (Å²) in [6.45, 7) is 7.93. The van der Waals surface area contributed by atoms with Gasteiger partial charge < -0.3 is 9.47 Å². The molecule has 0 spiro atoms. The first-order chi connectivity index (χ1) is 6.31. The Balaban J connectivity index is 3.03. The van der Waals surface area contributed by atoms with E-state index in [1.807, 2.05) is 6.92 Å². The first-order valence-electron chi connectivity index (χ1n) is 5.54. The molecule has 80 valence electrons. The zero-order valence-corrected chi connectivity index (χ0v) is 9.34. The van der Waals surface area contributed by atoms with Crippen LogP contribution in [0.1, 0.15) is 52.9 Å². The summed E-state index contributed by atoms with van der Waals surface area (Å²) in [5.74, 6) is 0. The highest BCUT2D eigenvalue weighted by Crippen LogP contribution is 2.01. The van der Waals surface area contributed by atoms with Crippen LogP contribution in [0.15, 0.2) is 0 Å². The Kier molecular flexibility index (Phi) is 9.94. The van der Waals surface area contributed by atoms with E-state index < -0.39 is 0 Å².